The van der Waals surface area contributed by atoms with E-state index in [1.165, 1.54) is 42.4 Å². The van der Waals surface area contributed by atoms with Crippen LogP contribution in [-0.4, -0.2) is 23.4 Å². The van der Waals surface area contributed by atoms with Crippen molar-refractivity contribution in [1.29, 1.82) is 0 Å². The van der Waals surface area contributed by atoms with Gasteiger partial charge in [0.05, 0.1) is 6.54 Å². The number of rotatable bonds is 2. The Morgan fingerprint density at radius 1 is 1.10 bits per heavy atom. The second kappa shape index (κ2) is 6.18. The maximum atomic E-state index is 12.4. The first-order valence-electron chi connectivity index (χ1n) is 8.28. The summed E-state index contributed by atoms with van der Waals surface area (Å²) in [4.78, 5) is 14.6. The van der Waals surface area contributed by atoms with Crippen LogP contribution in [0, 0.1) is 13.8 Å². The van der Waals surface area contributed by atoms with Crippen molar-refractivity contribution in [2.45, 2.75) is 64.6 Å². The molecule has 1 amide bonds. The third-order valence-corrected chi connectivity index (χ3v) is 4.96. The maximum Gasteiger partial charge on any atom is 0.238 e. The molecule has 1 aliphatic heterocycles. The highest BCUT2D eigenvalue weighted by molar-refractivity contribution is 5.81. The predicted octanol–water partition coefficient (Wildman–Crippen LogP) is 3.46. The van der Waals surface area contributed by atoms with Gasteiger partial charge in [0, 0.05) is 6.04 Å². The number of amides is 1. The topological polar surface area (TPSA) is 32.3 Å². The Morgan fingerprint density at radius 2 is 1.81 bits per heavy atom. The molecule has 1 heterocycles. The molecule has 1 unspecified atom stereocenters. The van der Waals surface area contributed by atoms with Crippen molar-refractivity contribution in [3.05, 3.63) is 34.9 Å². The maximum absolute atomic E-state index is 12.4. The lowest BCUT2D eigenvalue weighted by Crippen LogP contribution is -2.39. The second-order valence-electron chi connectivity index (χ2n) is 6.59. The van der Waals surface area contributed by atoms with Gasteiger partial charge < -0.3 is 4.90 Å². The van der Waals surface area contributed by atoms with Crippen molar-refractivity contribution in [3.63, 3.8) is 0 Å². The Bertz CT molecular complexity index is 518. The smallest absolute Gasteiger partial charge is 0.238 e. The number of benzene rings is 1. The Balaban J connectivity index is 1.89. The van der Waals surface area contributed by atoms with Crippen LogP contribution < -0.4 is 5.32 Å². The normalized spacial score (nSPS) is 24.4. The molecule has 1 saturated carbocycles. The molecule has 3 nitrogen and oxygen atoms in total. The number of carbonyl (C=O) groups is 1. The summed E-state index contributed by atoms with van der Waals surface area (Å²) in [6.07, 6.45) is 7.55. The van der Waals surface area contributed by atoms with Gasteiger partial charge in [0.2, 0.25) is 5.91 Å². The molecule has 1 aromatic carbocycles. The molecule has 1 N–H and O–H groups in total. The summed E-state index contributed by atoms with van der Waals surface area (Å²) in [5, 5.41) is 3.43. The van der Waals surface area contributed by atoms with Crippen molar-refractivity contribution in [3.8, 4) is 0 Å². The number of carbonyl (C=O) groups excluding carboxylic acids is 1. The highest BCUT2D eigenvalue weighted by Gasteiger charge is 2.37. The van der Waals surface area contributed by atoms with Gasteiger partial charge in [0.25, 0.3) is 0 Å². The fourth-order valence-corrected chi connectivity index (χ4v) is 3.78. The highest BCUT2D eigenvalue weighted by atomic mass is 16.2. The van der Waals surface area contributed by atoms with Crippen molar-refractivity contribution >= 4 is 5.91 Å². The average molecular weight is 286 g/mol. The zero-order valence-electron chi connectivity index (χ0n) is 13.2. The van der Waals surface area contributed by atoms with Crippen LogP contribution in [0.2, 0.25) is 0 Å². The molecule has 1 aliphatic carbocycles. The number of nitrogens with zero attached hydrogens (tertiary/aromatic N) is 1. The molecule has 1 saturated heterocycles. The molecule has 21 heavy (non-hydrogen) atoms. The minimum atomic E-state index is 0.0699. The SMILES string of the molecule is Cc1ccc(C)c(C2NCC(=O)N2C2CCCCCC2)c1. The summed E-state index contributed by atoms with van der Waals surface area (Å²) in [6.45, 7) is 4.74. The van der Waals surface area contributed by atoms with Crippen LogP contribution in [0.25, 0.3) is 0 Å². The third kappa shape index (κ3) is 2.98. The fourth-order valence-electron chi connectivity index (χ4n) is 3.78. The minimum absolute atomic E-state index is 0.0699. The first-order chi connectivity index (χ1) is 10.2. The van der Waals surface area contributed by atoms with Crippen molar-refractivity contribution in [2.75, 3.05) is 6.54 Å². The quantitative estimate of drug-likeness (QED) is 0.844. The van der Waals surface area contributed by atoms with Crippen molar-refractivity contribution in [1.82, 2.24) is 10.2 Å². The Hall–Kier alpha value is -1.35. The highest BCUT2D eigenvalue weighted by Crippen LogP contribution is 2.32. The third-order valence-electron chi connectivity index (χ3n) is 4.96. The number of aryl methyl sites for hydroxylation is 2. The first-order valence-corrected chi connectivity index (χ1v) is 8.28. The zero-order chi connectivity index (χ0) is 14.8. The summed E-state index contributed by atoms with van der Waals surface area (Å²) in [7, 11) is 0. The standard InChI is InChI=1S/C18H26N2O/c1-13-9-10-14(2)16(11-13)18-19-12-17(21)20(18)15-7-5-3-4-6-8-15/h9-11,15,18-19H,3-8,12H2,1-2H3. The zero-order valence-corrected chi connectivity index (χ0v) is 13.2. The van der Waals surface area contributed by atoms with Gasteiger partial charge in [-0.15, -0.1) is 0 Å². The van der Waals surface area contributed by atoms with Crippen LogP contribution in [0.3, 0.4) is 0 Å². The second-order valence-corrected chi connectivity index (χ2v) is 6.59. The lowest BCUT2D eigenvalue weighted by atomic mass is 10.00. The van der Waals surface area contributed by atoms with E-state index >= 15 is 0 Å². The van der Waals surface area contributed by atoms with E-state index in [2.05, 4.69) is 42.3 Å². The van der Waals surface area contributed by atoms with Crippen LogP contribution in [-0.2, 0) is 4.79 Å². The van der Waals surface area contributed by atoms with E-state index in [-0.39, 0.29) is 12.1 Å². The number of nitrogens with one attached hydrogen (secondary N) is 1. The molecular formula is C18H26N2O. The molecule has 1 atom stereocenters. The molecule has 1 aromatic rings. The van der Waals surface area contributed by atoms with E-state index in [1.54, 1.807) is 0 Å². The van der Waals surface area contributed by atoms with E-state index in [9.17, 15) is 4.79 Å². The van der Waals surface area contributed by atoms with Gasteiger partial charge >= 0.3 is 0 Å². The molecule has 2 fully saturated rings. The molecule has 0 spiro atoms. The van der Waals surface area contributed by atoms with Gasteiger partial charge in [-0.2, -0.15) is 0 Å². The first kappa shape index (κ1) is 14.6. The van der Waals surface area contributed by atoms with Crippen molar-refractivity contribution < 1.29 is 4.79 Å². The summed E-state index contributed by atoms with van der Waals surface area (Å²) in [6, 6.07) is 6.96. The van der Waals surface area contributed by atoms with Gasteiger partial charge in [-0.3, -0.25) is 10.1 Å². The number of hydrogen-bond acceptors (Lipinski definition) is 2. The van der Waals surface area contributed by atoms with E-state index in [0.717, 1.165) is 12.8 Å². The molecule has 3 heteroatoms. The molecule has 0 radical (unpaired) electrons. The summed E-state index contributed by atoms with van der Waals surface area (Å²) < 4.78 is 0. The van der Waals surface area contributed by atoms with Gasteiger partial charge in [0.15, 0.2) is 0 Å². The molecule has 114 valence electrons. The monoisotopic (exact) mass is 286 g/mol. The molecule has 0 bridgehead atoms. The molecule has 3 rings (SSSR count). The van der Waals surface area contributed by atoms with E-state index in [1.807, 2.05) is 0 Å². The Labute approximate surface area is 127 Å². The largest absolute Gasteiger partial charge is 0.319 e. The molecule has 2 aliphatic rings. The van der Waals surface area contributed by atoms with Crippen LogP contribution in [0.1, 0.15) is 61.4 Å². The fraction of sp³-hybridized carbons (Fsp3) is 0.611. The van der Waals surface area contributed by atoms with Gasteiger partial charge in [-0.05, 0) is 37.8 Å². The summed E-state index contributed by atoms with van der Waals surface area (Å²) >= 11 is 0. The summed E-state index contributed by atoms with van der Waals surface area (Å²) in [5.74, 6) is 0.271. The van der Waals surface area contributed by atoms with E-state index in [0.29, 0.717) is 12.6 Å². The van der Waals surface area contributed by atoms with Crippen LogP contribution in [0.5, 0.6) is 0 Å². The lowest BCUT2D eigenvalue weighted by molar-refractivity contribution is -0.130. The van der Waals surface area contributed by atoms with Crippen LogP contribution in [0.15, 0.2) is 18.2 Å². The van der Waals surface area contributed by atoms with Gasteiger partial charge in [0.1, 0.15) is 6.17 Å². The predicted molar refractivity (Wildman–Crippen MR) is 85.0 cm³/mol. The van der Waals surface area contributed by atoms with Gasteiger partial charge in [-0.1, -0.05) is 49.4 Å². The van der Waals surface area contributed by atoms with Crippen molar-refractivity contribution in [2.24, 2.45) is 0 Å². The molecule has 0 aromatic heterocycles. The van der Waals surface area contributed by atoms with E-state index < -0.39 is 0 Å². The Kier molecular flexibility index (Phi) is 4.29. The molecular weight excluding hydrogens is 260 g/mol. The average Bonchev–Trinajstić information content (AvgIpc) is 2.69. The van der Waals surface area contributed by atoms with Crippen LogP contribution >= 0.6 is 0 Å². The summed E-state index contributed by atoms with van der Waals surface area (Å²) in [5.41, 5.74) is 3.80. The Morgan fingerprint density at radius 3 is 2.52 bits per heavy atom. The van der Waals surface area contributed by atoms with Crippen LogP contribution in [0.4, 0.5) is 0 Å². The minimum Gasteiger partial charge on any atom is -0.319 e. The lowest BCUT2D eigenvalue weighted by Gasteiger charge is -2.33. The van der Waals surface area contributed by atoms with Gasteiger partial charge in [-0.25, -0.2) is 0 Å². The van der Waals surface area contributed by atoms with E-state index in [4.69, 9.17) is 0 Å². The number of hydrogen-bond donors (Lipinski definition) is 1.